The molecule has 1 N–H and O–H groups in total. The van der Waals surface area contributed by atoms with Gasteiger partial charge in [-0.15, -0.1) is 0 Å². The van der Waals surface area contributed by atoms with Crippen molar-refractivity contribution in [2.45, 2.75) is 51.6 Å². The Labute approximate surface area is 241 Å². The lowest BCUT2D eigenvalue weighted by Gasteiger charge is -2.33. The third kappa shape index (κ3) is 7.82. The highest BCUT2D eigenvalue weighted by Crippen LogP contribution is 2.31. The second-order valence-electron chi connectivity index (χ2n) is 9.99. The van der Waals surface area contributed by atoms with Crippen LogP contribution in [0.3, 0.4) is 0 Å². The topological polar surface area (TPSA) is 86.8 Å². The smallest absolute Gasteiger partial charge is 0.264 e. The lowest BCUT2D eigenvalue weighted by Crippen LogP contribution is -2.52. The molecule has 0 saturated heterocycles. The molecule has 0 aromatic heterocycles. The number of rotatable bonds is 12. The summed E-state index contributed by atoms with van der Waals surface area (Å²) in [7, 11) is -4.22. The maximum atomic E-state index is 14.0. The quantitative estimate of drug-likeness (QED) is 0.300. The highest BCUT2D eigenvalue weighted by Gasteiger charge is 2.34. The van der Waals surface area contributed by atoms with Crippen molar-refractivity contribution in [3.63, 3.8) is 0 Å². The van der Waals surface area contributed by atoms with Gasteiger partial charge in [0.25, 0.3) is 10.0 Å². The molecule has 0 saturated carbocycles. The van der Waals surface area contributed by atoms with Crippen molar-refractivity contribution >= 4 is 39.1 Å². The van der Waals surface area contributed by atoms with Gasteiger partial charge in [0.1, 0.15) is 18.4 Å². The minimum absolute atomic E-state index is 0.00220. The van der Waals surface area contributed by atoms with E-state index in [2.05, 4.69) is 5.32 Å². The minimum atomic E-state index is -4.22. The Balaban J connectivity index is 2.05. The van der Waals surface area contributed by atoms with Gasteiger partial charge in [0.15, 0.2) is 0 Å². The number of carbonyl (C=O) groups excluding carboxylic acids is 2. The molecule has 3 aromatic rings. The zero-order chi connectivity index (χ0) is 29.4. The number of carbonyl (C=O) groups is 2. The van der Waals surface area contributed by atoms with Crippen molar-refractivity contribution in [1.82, 2.24) is 10.2 Å². The summed E-state index contributed by atoms with van der Waals surface area (Å²) in [6.07, 6.45) is 0.285. The summed E-state index contributed by atoms with van der Waals surface area (Å²) in [6.45, 7) is 7.33. The third-order valence-corrected chi connectivity index (χ3v) is 8.44. The maximum Gasteiger partial charge on any atom is 0.264 e. The number of para-hydroxylation sites is 1. The second kappa shape index (κ2) is 13.8. The Bertz CT molecular complexity index is 1410. The predicted octanol–water partition coefficient (Wildman–Crippen LogP) is 5.56. The Morgan fingerprint density at radius 2 is 1.60 bits per heavy atom. The second-order valence-corrected chi connectivity index (χ2v) is 12.3. The van der Waals surface area contributed by atoms with Gasteiger partial charge in [0, 0.05) is 13.1 Å². The number of anilines is 1. The average Bonchev–Trinajstić information content (AvgIpc) is 2.92. The van der Waals surface area contributed by atoms with Gasteiger partial charge in [-0.3, -0.25) is 13.9 Å². The molecule has 2 amide bonds. The van der Waals surface area contributed by atoms with Crippen LogP contribution in [-0.2, 0) is 26.2 Å². The standard InChI is InChI=1S/C30H35ClFN3O4S/c1-5-27(30(37)33-18-21(2)3)34(19-23-12-14-24(32)15-13-23)29(36)20-35(28-9-7-6-8-26(28)31)40(38,39)25-16-10-22(4)11-17-25/h6-17,21,27H,5,18-20H2,1-4H3,(H,33,37)/t27-/m0/s1. The van der Waals surface area contributed by atoms with Crippen LogP contribution in [0.2, 0.25) is 5.02 Å². The minimum Gasteiger partial charge on any atom is -0.354 e. The van der Waals surface area contributed by atoms with Crippen molar-refractivity contribution in [2.75, 3.05) is 17.4 Å². The van der Waals surface area contributed by atoms with E-state index in [9.17, 15) is 22.4 Å². The van der Waals surface area contributed by atoms with E-state index >= 15 is 0 Å². The predicted molar refractivity (Wildman–Crippen MR) is 156 cm³/mol. The Kier molecular flexibility index (Phi) is 10.7. The molecule has 0 aliphatic heterocycles. The number of halogens is 2. The number of aryl methyl sites for hydroxylation is 1. The highest BCUT2D eigenvalue weighted by molar-refractivity contribution is 7.92. The first kappa shape index (κ1) is 31.1. The fourth-order valence-electron chi connectivity index (χ4n) is 4.13. The van der Waals surface area contributed by atoms with Gasteiger partial charge in [-0.25, -0.2) is 12.8 Å². The van der Waals surface area contributed by atoms with Crippen LogP contribution in [0, 0.1) is 18.7 Å². The van der Waals surface area contributed by atoms with Gasteiger partial charge in [0.05, 0.1) is 15.6 Å². The number of benzene rings is 3. The number of nitrogens with zero attached hydrogens (tertiary/aromatic N) is 2. The van der Waals surface area contributed by atoms with E-state index in [1.54, 1.807) is 37.3 Å². The van der Waals surface area contributed by atoms with E-state index in [1.807, 2.05) is 20.8 Å². The van der Waals surface area contributed by atoms with E-state index in [0.717, 1.165) is 9.87 Å². The molecule has 0 radical (unpaired) electrons. The van der Waals surface area contributed by atoms with Crippen molar-refractivity contribution < 1.29 is 22.4 Å². The molecule has 0 bridgehead atoms. The van der Waals surface area contributed by atoms with Crippen molar-refractivity contribution in [3.8, 4) is 0 Å². The number of nitrogens with one attached hydrogen (secondary N) is 1. The molecular weight excluding hydrogens is 553 g/mol. The average molecular weight is 588 g/mol. The maximum absolute atomic E-state index is 14.0. The van der Waals surface area contributed by atoms with Gasteiger partial charge in [-0.2, -0.15) is 0 Å². The number of sulfonamides is 1. The van der Waals surface area contributed by atoms with Gasteiger partial charge >= 0.3 is 0 Å². The summed E-state index contributed by atoms with van der Waals surface area (Å²) in [4.78, 5) is 28.6. The molecule has 3 aromatic carbocycles. The van der Waals surface area contributed by atoms with E-state index < -0.39 is 34.3 Å². The fourth-order valence-corrected chi connectivity index (χ4v) is 5.85. The fraction of sp³-hybridized carbons (Fsp3) is 0.333. The zero-order valence-corrected chi connectivity index (χ0v) is 24.7. The molecular formula is C30H35ClFN3O4S. The van der Waals surface area contributed by atoms with Crippen LogP contribution in [0.1, 0.15) is 38.3 Å². The molecule has 0 fully saturated rings. The van der Waals surface area contributed by atoms with E-state index in [-0.39, 0.29) is 40.4 Å². The molecule has 0 heterocycles. The first-order valence-electron chi connectivity index (χ1n) is 13.1. The SMILES string of the molecule is CC[C@@H](C(=O)NCC(C)C)N(Cc1ccc(F)cc1)C(=O)CN(c1ccccc1Cl)S(=O)(=O)c1ccc(C)cc1. The van der Waals surface area contributed by atoms with E-state index in [4.69, 9.17) is 11.6 Å². The molecule has 0 aliphatic carbocycles. The van der Waals surface area contributed by atoms with Gasteiger partial charge in [0.2, 0.25) is 11.8 Å². The van der Waals surface area contributed by atoms with Crippen LogP contribution in [-0.4, -0.2) is 44.3 Å². The van der Waals surface area contributed by atoms with E-state index in [0.29, 0.717) is 12.1 Å². The van der Waals surface area contributed by atoms with Crippen LogP contribution < -0.4 is 9.62 Å². The summed E-state index contributed by atoms with van der Waals surface area (Å²) in [5.41, 5.74) is 1.61. The molecule has 0 aliphatic rings. The number of amides is 2. The first-order chi connectivity index (χ1) is 18.9. The summed E-state index contributed by atoms with van der Waals surface area (Å²) >= 11 is 6.43. The molecule has 1 atom stereocenters. The lowest BCUT2D eigenvalue weighted by molar-refractivity contribution is -0.140. The van der Waals surface area contributed by atoms with Gasteiger partial charge in [-0.05, 0) is 61.2 Å². The summed E-state index contributed by atoms with van der Waals surface area (Å²) < 4.78 is 42.3. The number of hydrogen-bond donors (Lipinski definition) is 1. The number of hydrogen-bond acceptors (Lipinski definition) is 4. The summed E-state index contributed by atoms with van der Waals surface area (Å²) in [6, 6.07) is 17.4. The van der Waals surface area contributed by atoms with Crippen molar-refractivity contribution in [1.29, 1.82) is 0 Å². The Hall–Kier alpha value is -3.43. The zero-order valence-electron chi connectivity index (χ0n) is 23.1. The van der Waals surface area contributed by atoms with Gasteiger partial charge in [-0.1, -0.05) is 74.3 Å². The monoisotopic (exact) mass is 587 g/mol. The Morgan fingerprint density at radius 1 is 0.975 bits per heavy atom. The van der Waals surface area contributed by atoms with Crippen LogP contribution in [0.5, 0.6) is 0 Å². The molecule has 3 rings (SSSR count). The van der Waals surface area contributed by atoms with Crippen molar-refractivity contribution in [2.24, 2.45) is 5.92 Å². The molecule has 214 valence electrons. The largest absolute Gasteiger partial charge is 0.354 e. The van der Waals surface area contributed by atoms with Crippen LogP contribution in [0.4, 0.5) is 10.1 Å². The van der Waals surface area contributed by atoms with Crippen LogP contribution in [0.25, 0.3) is 0 Å². The van der Waals surface area contributed by atoms with Crippen LogP contribution in [0.15, 0.2) is 77.7 Å². The normalized spacial score (nSPS) is 12.2. The summed E-state index contributed by atoms with van der Waals surface area (Å²) in [5, 5.41) is 3.02. The first-order valence-corrected chi connectivity index (χ1v) is 14.9. The summed E-state index contributed by atoms with van der Waals surface area (Å²) in [5.74, 6) is -1.20. The molecule has 10 heteroatoms. The van der Waals surface area contributed by atoms with Crippen molar-refractivity contribution in [3.05, 3.63) is 94.8 Å². The highest BCUT2D eigenvalue weighted by atomic mass is 35.5. The molecule has 40 heavy (non-hydrogen) atoms. The molecule has 0 spiro atoms. The molecule has 7 nitrogen and oxygen atoms in total. The third-order valence-electron chi connectivity index (χ3n) is 6.35. The van der Waals surface area contributed by atoms with Gasteiger partial charge < -0.3 is 10.2 Å². The van der Waals surface area contributed by atoms with Crippen LogP contribution >= 0.6 is 11.6 Å². The lowest BCUT2D eigenvalue weighted by atomic mass is 10.1. The van der Waals surface area contributed by atoms with E-state index in [1.165, 1.54) is 47.4 Å². The Morgan fingerprint density at radius 3 is 2.17 bits per heavy atom. The molecule has 0 unspecified atom stereocenters.